The van der Waals surface area contributed by atoms with Gasteiger partial charge in [0, 0.05) is 23.7 Å². The maximum Gasteiger partial charge on any atom is 0.163 e. The SMILES string of the molecule is COc1cccnc1-c1cccc2c1CCC2=O. The summed E-state index contributed by atoms with van der Waals surface area (Å²) in [5, 5.41) is 0. The highest BCUT2D eigenvalue weighted by molar-refractivity contribution is 6.02. The average molecular weight is 239 g/mol. The lowest BCUT2D eigenvalue weighted by atomic mass is 10.00. The van der Waals surface area contributed by atoms with Gasteiger partial charge in [0.15, 0.2) is 5.78 Å². The van der Waals surface area contributed by atoms with Crippen LogP contribution in [0.25, 0.3) is 11.3 Å². The number of methoxy groups -OCH3 is 1. The van der Waals surface area contributed by atoms with Gasteiger partial charge in [-0.3, -0.25) is 9.78 Å². The molecular formula is C15H13NO2. The molecule has 3 nitrogen and oxygen atoms in total. The van der Waals surface area contributed by atoms with Gasteiger partial charge in [0.2, 0.25) is 0 Å². The molecule has 0 bridgehead atoms. The second-order valence-corrected chi connectivity index (χ2v) is 4.31. The standard InChI is InChI=1S/C15H13NO2/c1-18-14-6-3-9-16-15(14)12-5-2-4-11-10(12)7-8-13(11)17/h2-6,9H,7-8H2,1H3. The second kappa shape index (κ2) is 4.26. The molecular weight excluding hydrogens is 226 g/mol. The van der Waals surface area contributed by atoms with E-state index in [-0.39, 0.29) is 5.78 Å². The first-order chi connectivity index (χ1) is 8.81. The van der Waals surface area contributed by atoms with Crippen LogP contribution in [0.3, 0.4) is 0 Å². The smallest absolute Gasteiger partial charge is 0.163 e. The first-order valence-electron chi connectivity index (χ1n) is 5.95. The molecule has 1 aliphatic carbocycles. The van der Waals surface area contributed by atoms with Gasteiger partial charge in [0.1, 0.15) is 11.4 Å². The van der Waals surface area contributed by atoms with Crippen LogP contribution < -0.4 is 4.74 Å². The van der Waals surface area contributed by atoms with Crippen molar-refractivity contribution in [1.29, 1.82) is 0 Å². The zero-order chi connectivity index (χ0) is 12.5. The number of benzene rings is 1. The molecule has 0 fully saturated rings. The van der Waals surface area contributed by atoms with E-state index in [0.29, 0.717) is 6.42 Å². The number of pyridine rings is 1. The minimum Gasteiger partial charge on any atom is -0.494 e. The molecule has 18 heavy (non-hydrogen) atoms. The van der Waals surface area contributed by atoms with Crippen LogP contribution in [-0.2, 0) is 6.42 Å². The lowest BCUT2D eigenvalue weighted by Gasteiger charge is -2.10. The summed E-state index contributed by atoms with van der Waals surface area (Å²) < 4.78 is 5.34. The summed E-state index contributed by atoms with van der Waals surface area (Å²) in [6.07, 6.45) is 3.14. The average Bonchev–Trinajstić information content (AvgIpc) is 2.81. The lowest BCUT2D eigenvalue weighted by molar-refractivity contribution is 0.0994. The highest BCUT2D eigenvalue weighted by atomic mass is 16.5. The van der Waals surface area contributed by atoms with Crippen molar-refractivity contribution in [3.63, 3.8) is 0 Å². The first-order valence-corrected chi connectivity index (χ1v) is 5.95. The van der Waals surface area contributed by atoms with Crippen LogP contribution in [0.2, 0.25) is 0 Å². The number of hydrogen-bond acceptors (Lipinski definition) is 3. The number of carbonyl (C=O) groups is 1. The topological polar surface area (TPSA) is 39.2 Å². The van der Waals surface area contributed by atoms with Crippen LogP contribution in [-0.4, -0.2) is 17.9 Å². The minimum atomic E-state index is 0.224. The summed E-state index contributed by atoms with van der Waals surface area (Å²) in [5.74, 6) is 0.965. The van der Waals surface area contributed by atoms with E-state index in [0.717, 1.165) is 34.6 Å². The number of aromatic nitrogens is 1. The van der Waals surface area contributed by atoms with Crippen molar-refractivity contribution in [1.82, 2.24) is 4.98 Å². The monoisotopic (exact) mass is 239 g/mol. The van der Waals surface area contributed by atoms with Crippen LogP contribution in [0.1, 0.15) is 22.3 Å². The highest BCUT2D eigenvalue weighted by Gasteiger charge is 2.23. The van der Waals surface area contributed by atoms with E-state index in [1.165, 1.54) is 0 Å². The first kappa shape index (κ1) is 11.0. The van der Waals surface area contributed by atoms with Crippen LogP contribution in [0.15, 0.2) is 36.5 Å². The van der Waals surface area contributed by atoms with E-state index in [4.69, 9.17) is 4.74 Å². The Balaban J connectivity index is 2.22. The third kappa shape index (κ3) is 1.59. The molecule has 1 heterocycles. The number of ketones is 1. The number of rotatable bonds is 2. The third-order valence-electron chi connectivity index (χ3n) is 3.32. The Morgan fingerprint density at radius 2 is 1.94 bits per heavy atom. The number of fused-ring (bicyclic) bond motifs is 1. The molecule has 0 aliphatic heterocycles. The molecule has 0 spiro atoms. The largest absolute Gasteiger partial charge is 0.494 e. The zero-order valence-electron chi connectivity index (χ0n) is 10.1. The molecule has 1 aliphatic rings. The number of carbonyl (C=O) groups excluding carboxylic acids is 1. The number of hydrogen-bond donors (Lipinski definition) is 0. The number of Topliss-reactive ketones (excluding diaryl/α,β-unsaturated/α-hetero) is 1. The van der Waals surface area contributed by atoms with Crippen LogP contribution in [0.4, 0.5) is 0 Å². The maximum absolute atomic E-state index is 11.8. The van der Waals surface area contributed by atoms with E-state index >= 15 is 0 Å². The Bertz CT molecular complexity index is 620. The molecule has 0 atom stereocenters. The van der Waals surface area contributed by atoms with E-state index in [2.05, 4.69) is 4.98 Å². The van der Waals surface area contributed by atoms with E-state index in [1.807, 2.05) is 30.3 Å². The van der Waals surface area contributed by atoms with Gasteiger partial charge in [-0.2, -0.15) is 0 Å². The summed E-state index contributed by atoms with van der Waals surface area (Å²) in [4.78, 5) is 16.1. The fourth-order valence-corrected chi connectivity index (χ4v) is 2.47. The predicted octanol–water partition coefficient (Wildman–Crippen LogP) is 2.89. The van der Waals surface area contributed by atoms with Crippen molar-refractivity contribution >= 4 is 5.78 Å². The molecule has 0 unspecified atom stereocenters. The Morgan fingerprint density at radius 3 is 2.78 bits per heavy atom. The Hall–Kier alpha value is -2.16. The maximum atomic E-state index is 11.8. The quantitative estimate of drug-likeness (QED) is 0.808. The van der Waals surface area contributed by atoms with E-state index in [1.54, 1.807) is 13.3 Å². The van der Waals surface area contributed by atoms with Gasteiger partial charge in [-0.1, -0.05) is 18.2 Å². The second-order valence-electron chi connectivity index (χ2n) is 4.31. The third-order valence-corrected chi connectivity index (χ3v) is 3.32. The molecule has 3 heteroatoms. The van der Waals surface area contributed by atoms with Crippen molar-refractivity contribution in [2.45, 2.75) is 12.8 Å². The van der Waals surface area contributed by atoms with Crippen molar-refractivity contribution in [3.8, 4) is 17.0 Å². The highest BCUT2D eigenvalue weighted by Crippen LogP contribution is 2.35. The van der Waals surface area contributed by atoms with Gasteiger partial charge in [-0.15, -0.1) is 0 Å². The summed E-state index contributed by atoms with van der Waals surface area (Å²) >= 11 is 0. The normalized spacial score (nSPS) is 13.5. The molecule has 1 aromatic carbocycles. The summed E-state index contributed by atoms with van der Waals surface area (Å²) in [6, 6.07) is 9.53. The summed E-state index contributed by atoms with van der Waals surface area (Å²) in [7, 11) is 1.63. The van der Waals surface area contributed by atoms with E-state index < -0.39 is 0 Å². The number of ether oxygens (including phenoxy) is 1. The number of nitrogens with zero attached hydrogens (tertiary/aromatic N) is 1. The van der Waals surface area contributed by atoms with Gasteiger partial charge in [0.25, 0.3) is 0 Å². The van der Waals surface area contributed by atoms with Crippen molar-refractivity contribution < 1.29 is 9.53 Å². The van der Waals surface area contributed by atoms with Crippen LogP contribution in [0.5, 0.6) is 5.75 Å². The molecule has 2 aromatic rings. The molecule has 0 saturated carbocycles. The predicted molar refractivity (Wildman–Crippen MR) is 68.9 cm³/mol. The van der Waals surface area contributed by atoms with Gasteiger partial charge in [0.05, 0.1) is 7.11 Å². The van der Waals surface area contributed by atoms with Crippen LogP contribution >= 0.6 is 0 Å². The summed E-state index contributed by atoms with van der Waals surface area (Å²) in [5.41, 5.74) is 3.75. The lowest BCUT2D eigenvalue weighted by Crippen LogP contribution is -1.95. The molecule has 3 rings (SSSR count). The molecule has 1 aromatic heterocycles. The van der Waals surface area contributed by atoms with Crippen molar-refractivity contribution in [3.05, 3.63) is 47.7 Å². The van der Waals surface area contributed by atoms with Gasteiger partial charge in [-0.25, -0.2) is 0 Å². The van der Waals surface area contributed by atoms with Gasteiger partial charge < -0.3 is 4.74 Å². The van der Waals surface area contributed by atoms with Crippen molar-refractivity contribution in [2.75, 3.05) is 7.11 Å². The zero-order valence-corrected chi connectivity index (χ0v) is 10.1. The molecule has 90 valence electrons. The van der Waals surface area contributed by atoms with Crippen LogP contribution in [0, 0.1) is 0 Å². The summed E-state index contributed by atoms with van der Waals surface area (Å²) in [6.45, 7) is 0. The molecule has 0 amide bonds. The van der Waals surface area contributed by atoms with Gasteiger partial charge >= 0.3 is 0 Å². The molecule has 0 radical (unpaired) electrons. The Morgan fingerprint density at radius 1 is 1.11 bits per heavy atom. The minimum absolute atomic E-state index is 0.224. The fourth-order valence-electron chi connectivity index (χ4n) is 2.47. The van der Waals surface area contributed by atoms with E-state index in [9.17, 15) is 4.79 Å². The molecule has 0 saturated heterocycles. The van der Waals surface area contributed by atoms with Crippen molar-refractivity contribution in [2.24, 2.45) is 0 Å². The molecule has 0 N–H and O–H groups in total. The Labute approximate surface area is 105 Å². The van der Waals surface area contributed by atoms with Gasteiger partial charge in [-0.05, 0) is 24.1 Å². The Kier molecular flexibility index (Phi) is 2.59. The fraction of sp³-hybridized carbons (Fsp3) is 0.200.